The van der Waals surface area contributed by atoms with Crippen LogP contribution < -0.4 is 0 Å². The highest BCUT2D eigenvalue weighted by molar-refractivity contribution is 5.98. The summed E-state index contributed by atoms with van der Waals surface area (Å²) in [6.07, 6.45) is 2.43. The number of carbonyl (C=O) groups excluding carboxylic acids is 1. The Morgan fingerprint density at radius 1 is 1.50 bits per heavy atom. The molecule has 0 aromatic carbocycles. The van der Waals surface area contributed by atoms with Crippen LogP contribution in [0, 0.1) is 6.92 Å². The molecular formula is C11H14O3. The van der Waals surface area contributed by atoms with Crippen LogP contribution in [0.25, 0.3) is 0 Å². The zero-order valence-electron chi connectivity index (χ0n) is 8.19. The van der Waals surface area contributed by atoms with Crippen molar-refractivity contribution in [2.24, 2.45) is 0 Å². The smallest absolute Gasteiger partial charge is 0.177 e. The van der Waals surface area contributed by atoms with Crippen LogP contribution >= 0.6 is 0 Å². The highest BCUT2D eigenvalue weighted by Crippen LogP contribution is 2.04. The molecule has 14 heavy (non-hydrogen) atoms. The monoisotopic (exact) mass is 194 g/mol. The van der Waals surface area contributed by atoms with Crippen molar-refractivity contribution in [1.29, 1.82) is 0 Å². The van der Waals surface area contributed by atoms with E-state index in [4.69, 9.17) is 9.52 Å². The maximum absolute atomic E-state index is 9.94. The van der Waals surface area contributed by atoms with Gasteiger partial charge in [0.05, 0.1) is 0 Å². The molecule has 3 heteroatoms. The van der Waals surface area contributed by atoms with E-state index in [1.54, 1.807) is 6.07 Å². The van der Waals surface area contributed by atoms with Crippen LogP contribution in [0.5, 0.6) is 0 Å². The zero-order valence-corrected chi connectivity index (χ0v) is 8.19. The lowest BCUT2D eigenvalue weighted by Crippen LogP contribution is -1.78. The van der Waals surface area contributed by atoms with E-state index in [2.05, 4.69) is 13.2 Å². The Morgan fingerprint density at radius 2 is 2.07 bits per heavy atom. The summed E-state index contributed by atoms with van der Waals surface area (Å²) in [5, 5.41) is 8.46. The second-order valence-corrected chi connectivity index (χ2v) is 2.48. The Labute approximate surface area is 83.4 Å². The lowest BCUT2D eigenvalue weighted by atomic mass is 10.4. The summed E-state index contributed by atoms with van der Waals surface area (Å²) < 4.78 is 4.98. The van der Waals surface area contributed by atoms with E-state index in [0.29, 0.717) is 5.76 Å². The molecule has 76 valence electrons. The van der Waals surface area contributed by atoms with Crippen molar-refractivity contribution in [3.05, 3.63) is 49.0 Å². The van der Waals surface area contributed by atoms with Gasteiger partial charge in [-0.1, -0.05) is 13.2 Å². The molecule has 0 aliphatic carbocycles. The first-order valence-electron chi connectivity index (χ1n) is 4.09. The van der Waals surface area contributed by atoms with E-state index in [9.17, 15) is 4.79 Å². The van der Waals surface area contributed by atoms with Gasteiger partial charge in [0.1, 0.15) is 18.1 Å². The van der Waals surface area contributed by atoms with E-state index in [1.807, 2.05) is 13.0 Å². The van der Waals surface area contributed by atoms with Crippen molar-refractivity contribution in [3.8, 4) is 0 Å². The molecule has 1 rings (SSSR count). The highest BCUT2D eigenvalue weighted by atomic mass is 16.4. The van der Waals surface area contributed by atoms with Gasteiger partial charge in [0, 0.05) is 0 Å². The van der Waals surface area contributed by atoms with Gasteiger partial charge in [-0.15, -0.1) is 0 Å². The topological polar surface area (TPSA) is 50.4 Å². The lowest BCUT2D eigenvalue weighted by molar-refractivity contribution is -0.110. The van der Waals surface area contributed by atoms with Gasteiger partial charge in [-0.25, -0.2) is 0 Å². The van der Waals surface area contributed by atoms with Gasteiger partial charge < -0.3 is 9.52 Å². The molecule has 1 aromatic heterocycles. The maximum atomic E-state index is 9.94. The fourth-order valence-electron chi connectivity index (χ4n) is 0.653. The van der Waals surface area contributed by atoms with Crippen LogP contribution in [-0.2, 0) is 11.4 Å². The number of ketones is 1. The van der Waals surface area contributed by atoms with Crippen molar-refractivity contribution in [2.75, 3.05) is 0 Å². The number of aliphatic hydroxyl groups is 1. The third-order valence-electron chi connectivity index (χ3n) is 1.35. The quantitative estimate of drug-likeness (QED) is 0.749. The summed E-state index contributed by atoms with van der Waals surface area (Å²) in [7, 11) is 0. The Hall–Kier alpha value is -1.61. The second-order valence-electron chi connectivity index (χ2n) is 2.48. The van der Waals surface area contributed by atoms with E-state index in [1.165, 1.54) is 12.2 Å². The predicted molar refractivity (Wildman–Crippen MR) is 54.8 cm³/mol. The number of hydrogen-bond donors (Lipinski definition) is 1. The zero-order chi connectivity index (χ0) is 11.0. The fraction of sp³-hybridized carbons (Fsp3) is 0.182. The molecule has 0 spiro atoms. The Kier molecular flexibility index (Phi) is 6.07. The summed E-state index contributed by atoms with van der Waals surface area (Å²) in [4.78, 5) is 9.94. The molecule has 0 bridgehead atoms. The molecular weight excluding hydrogens is 180 g/mol. The van der Waals surface area contributed by atoms with Crippen molar-refractivity contribution in [1.82, 2.24) is 0 Å². The van der Waals surface area contributed by atoms with Gasteiger partial charge in [-0.05, 0) is 31.2 Å². The normalized spacial score (nSPS) is 8.43. The summed E-state index contributed by atoms with van der Waals surface area (Å²) >= 11 is 0. The number of aliphatic hydroxyl groups excluding tert-OH is 1. The van der Waals surface area contributed by atoms with Crippen LogP contribution in [0.3, 0.4) is 0 Å². The van der Waals surface area contributed by atoms with Crippen LogP contribution in [0.2, 0.25) is 0 Å². The van der Waals surface area contributed by atoms with Gasteiger partial charge >= 0.3 is 0 Å². The minimum Gasteiger partial charge on any atom is -0.464 e. The fourth-order valence-corrected chi connectivity index (χ4v) is 0.653. The highest BCUT2D eigenvalue weighted by Gasteiger charge is 1.92. The molecule has 0 fully saturated rings. The molecule has 1 N–H and O–H groups in total. The number of rotatable bonds is 3. The molecule has 0 unspecified atom stereocenters. The molecule has 3 nitrogen and oxygen atoms in total. The van der Waals surface area contributed by atoms with Crippen LogP contribution in [0.4, 0.5) is 0 Å². The summed E-state index contributed by atoms with van der Waals surface area (Å²) in [6, 6.07) is 3.58. The van der Waals surface area contributed by atoms with Crippen LogP contribution in [0.15, 0.2) is 41.9 Å². The largest absolute Gasteiger partial charge is 0.464 e. The average Bonchev–Trinajstić information content (AvgIpc) is 2.64. The van der Waals surface area contributed by atoms with Crippen LogP contribution in [-0.4, -0.2) is 10.9 Å². The molecule has 1 aromatic rings. The first-order valence-corrected chi connectivity index (χ1v) is 4.09. The predicted octanol–water partition coefficient (Wildman–Crippen LogP) is 2.01. The number of carbonyl (C=O) groups is 1. The number of furan rings is 1. The van der Waals surface area contributed by atoms with Crippen molar-refractivity contribution in [3.63, 3.8) is 0 Å². The van der Waals surface area contributed by atoms with Crippen molar-refractivity contribution in [2.45, 2.75) is 13.5 Å². The van der Waals surface area contributed by atoms with E-state index in [-0.39, 0.29) is 12.4 Å². The number of hydrogen-bond acceptors (Lipinski definition) is 3. The SMILES string of the molecule is C=CC(=O)C=C.Cc1ccc(CO)o1. The van der Waals surface area contributed by atoms with Gasteiger partial charge in [-0.3, -0.25) is 4.79 Å². The molecule has 0 saturated carbocycles. The molecule has 0 radical (unpaired) electrons. The molecule has 1 heterocycles. The minimum atomic E-state index is -0.130. The summed E-state index contributed by atoms with van der Waals surface area (Å²) in [5.41, 5.74) is 0. The van der Waals surface area contributed by atoms with Crippen molar-refractivity contribution < 1.29 is 14.3 Å². The molecule has 0 saturated heterocycles. The molecule has 0 aliphatic heterocycles. The number of aryl methyl sites for hydroxylation is 1. The Balaban J connectivity index is 0.000000255. The average molecular weight is 194 g/mol. The van der Waals surface area contributed by atoms with E-state index >= 15 is 0 Å². The lowest BCUT2D eigenvalue weighted by Gasteiger charge is -1.82. The van der Waals surface area contributed by atoms with Gasteiger partial charge in [0.2, 0.25) is 0 Å². The molecule has 0 amide bonds. The maximum Gasteiger partial charge on any atom is 0.177 e. The standard InChI is InChI=1S/C6H8O2.C5H6O/c1-5-2-3-6(4-7)8-5;1-3-5(6)4-2/h2-3,7H,4H2,1H3;3-4H,1-2H2. The first kappa shape index (κ1) is 12.4. The van der Waals surface area contributed by atoms with Gasteiger partial charge in [0.25, 0.3) is 0 Å². The molecule has 0 aliphatic rings. The Bertz CT molecular complexity index is 300. The van der Waals surface area contributed by atoms with E-state index < -0.39 is 0 Å². The second kappa shape index (κ2) is 6.86. The third kappa shape index (κ3) is 5.11. The Morgan fingerprint density at radius 3 is 2.21 bits per heavy atom. The minimum absolute atomic E-state index is 0.00611. The van der Waals surface area contributed by atoms with E-state index in [0.717, 1.165) is 5.76 Å². The van der Waals surface area contributed by atoms with Crippen molar-refractivity contribution >= 4 is 5.78 Å². The third-order valence-corrected chi connectivity index (χ3v) is 1.35. The summed E-state index contributed by atoms with van der Waals surface area (Å²) in [6.45, 7) is 8.26. The first-order chi connectivity index (χ1) is 6.63. The van der Waals surface area contributed by atoms with Crippen LogP contribution in [0.1, 0.15) is 11.5 Å². The van der Waals surface area contributed by atoms with Gasteiger partial charge in [-0.2, -0.15) is 0 Å². The van der Waals surface area contributed by atoms with Gasteiger partial charge in [0.15, 0.2) is 5.78 Å². The number of allylic oxidation sites excluding steroid dienone is 2. The summed E-state index contributed by atoms with van der Waals surface area (Å²) in [5.74, 6) is 1.34. The molecule has 0 atom stereocenters.